The van der Waals surface area contributed by atoms with Crippen LogP contribution in [0.15, 0.2) is 12.2 Å². The van der Waals surface area contributed by atoms with Crippen LogP contribution >= 0.6 is 0 Å². The molecule has 0 aliphatic carbocycles. The Labute approximate surface area is 116 Å². The van der Waals surface area contributed by atoms with Crippen LogP contribution in [0.4, 0.5) is 0 Å². The van der Waals surface area contributed by atoms with Crippen LogP contribution in [0.2, 0.25) is 0 Å². The lowest BCUT2D eigenvalue weighted by molar-refractivity contribution is -0.870. The molecule has 0 heterocycles. The summed E-state index contributed by atoms with van der Waals surface area (Å²) in [5, 5.41) is 0. The molecule has 0 saturated heterocycles. The third-order valence-electron chi connectivity index (χ3n) is 3.34. The van der Waals surface area contributed by atoms with Crippen LogP contribution in [0, 0.1) is 0 Å². The Morgan fingerprint density at radius 2 is 1.17 bits per heavy atom. The third kappa shape index (κ3) is 15.7. The van der Waals surface area contributed by atoms with Crippen LogP contribution in [-0.2, 0) is 0 Å². The van der Waals surface area contributed by atoms with Gasteiger partial charge in [-0.15, -0.1) is 0 Å². The van der Waals surface area contributed by atoms with Crippen molar-refractivity contribution in [2.24, 2.45) is 0 Å². The molecule has 0 unspecified atom stereocenters. The summed E-state index contributed by atoms with van der Waals surface area (Å²) in [5.41, 5.74) is 0. The summed E-state index contributed by atoms with van der Waals surface area (Å²) in [6, 6.07) is 0. The highest BCUT2D eigenvalue weighted by atomic mass is 15.3. The Kier molecular flexibility index (Phi) is 11.6. The van der Waals surface area contributed by atoms with E-state index in [1.54, 1.807) is 0 Å². The summed E-state index contributed by atoms with van der Waals surface area (Å²) < 4.78 is 1.11. The third-order valence-corrected chi connectivity index (χ3v) is 3.34. The van der Waals surface area contributed by atoms with E-state index in [4.69, 9.17) is 0 Å². The van der Waals surface area contributed by atoms with Crippen molar-refractivity contribution in [3.8, 4) is 0 Å². The number of nitrogens with zero attached hydrogens (tertiary/aromatic N) is 1. The minimum atomic E-state index is 1.11. The molecular weight excluding hydrogens is 218 g/mol. The van der Waals surface area contributed by atoms with Gasteiger partial charge in [0.2, 0.25) is 0 Å². The molecule has 0 bridgehead atoms. The fourth-order valence-electron chi connectivity index (χ4n) is 2.11. The highest BCUT2D eigenvalue weighted by Gasteiger charge is 2.04. The van der Waals surface area contributed by atoms with E-state index in [-0.39, 0.29) is 0 Å². The molecule has 0 aliphatic heterocycles. The molecule has 0 amide bonds. The van der Waals surface area contributed by atoms with Crippen LogP contribution in [0.3, 0.4) is 0 Å². The molecule has 0 rings (SSSR count). The lowest BCUT2D eigenvalue weighted by Crippen LogP contribution is -2.35. The Morgan fingerprint density at radius 1 is 0.667 bits per heavy atom. The molecule has 1 nitrogen and oxygen atoms in total. The fourth-order valence-corrected chi connectivity index (χ4v) is 2.11. The van der Waals surface area contributed by atoms with Gasteiger partial charge in [-0.2, -0.15) is 0 Å². The van der Waals surface area contributed by atoms with Crippen molar-refractivity contribution < 1.29 is 4.48 Å². The van der Waals surface area contributed by atoms with Gasteiger partial charge in [-0.25, -0.2) is 0 Å². The van der Waals surface area contributed by atoms with E-state index in [0.29, 0.717) is 0 Å². The smallest absolute Gasteiger partial charge is 0.0780 e. The quantitative estimate of drug-likeness (QED) is 0.256. The summed E-state index contributed by atoms with van der Waals surface area (Å²) in [6.07, 6.45) is 18.5. The molecule has 0 N–H and O–H groups in total. The second-order valence-electron chi connectivity index (χ2n) is 6.54. The minimum absolute atomic E-state index is 1.11. The van der Waals surface area contributed by atoms with Gasteiger partial charge in [-0.1, -0.05) is 51.2 Å². The lowest BCUT2D eigenvalue weighted by Gasteiger charge is -2.23. The summed E-state index contributed by atoms with van der Waals surface area (Å²) in [5.74, 6) is 0. The van der Waals surface area contributed by atoms with Crippen molar-refractivity contribution in [1.29, 1.82) is 0 Å². The van der Waals surface area contributed by atoms with Gasteiger partial charge < -0.3 is 4.48 Å². The first kappa shape index (κ1) is 17.7. The minimum Gasteiger partial charge on any atom is -0.331 e. The Bertz CT molecular complexity index is 188. The maximum absolute atomic E-state index is 2.38. The second-order valence-corrected chi connectivity index (χ2v) is 6.54. The lowest BCUT2D eigenvalue weighted by atomic mass is 10.1. The number of allylic oxidation sites excluding steroid dienone is 2. The summed E-state index contributed by atoms with van der Waals surface area (Å²) >= 11 is 0. The van der Waals surface area contributed by atoms with Crippen molar-refractivity contribution in [2.45, 2.75) is 71.1 Å². The largest absolute Gasteiger partial charge is 0.331 e. The first-order valence-electron chi connectivity index (χ1n) is 8.01. The van der Waals surface area contributed by atoms with Crippen molar-refractivity contribution in [3.05, 3.63) is 12.2 Å². The number of hydrogen-bond acceptors (Lipinski definition) is 0. The first-order chi connectivity index (χ1) is 8.56. The van der Waals surface area contributed by atoms with Crippen molar-refractivity contribution in [2.75, 3.05) is 27.7 Å². The summed E-state index contributed by atoms with van der Waals surface area (Å²) in [7, 11) is 6.85. The summed E-state index contributed by atoms with van der Waals surface area (Å²) in [6.45, 7) is 3.58. The Balaban J connectivity index is 3.10. The Morgan fingerprint density at radius 3 is 1.72 bits per heavy atom. The first-order valence-corrected chi connectivity index (χ1v) is 8.01. The van der Waals surface area contributed by atoms with Crippen molar-refractivity contribution in [3.63, 3.8) is 0 Å². The zero-order chi connectivity index (χ0) is 13.7. The molecule has 0 spiro atoms. The van der Waals surface area contributed by atoms with Gasteiger partial charge in [-0.3, -0.25) is 0 Å². The van der Waals surface area contributed by atoms with E-state index in [0.717, 1.165) is 4.48 Å². The molecule has 0 aromatic heterocycles. The average Bonchev–Trinajstić information content (AvgIpc) is 2.29. The highest BCUT2D eigenvalue weighted by molar-refractivity contribution is 4.81. The van der Waals surface area contributed by atoms with E-state index in [1.165, 1.54) is 70.8 Å². The number of hydrogen-bond donors (Lipinski definition) is 0. The molecule has 0 atom stereocenters. The topological polar surface area (TPSA) is 0 Å². The monoisotopic (exact) mass is 254 g/mol. The predicted octanol–water partition coefficient (Wildman–Crippen LogP) is 5.17. The molecular formula is C17H36N+. The van der Waals surface area contributed by atoms with E-state index >= 15 is 0 Å². The van der Waals surface area contributed by atoms with Gasteiger partial charge in [0.15, 0.2) is 0 Å². The predicted molar refractivity (Wildman–Crippen MR) is 83.9 cm³/mol. The Hall–Kier alpha value is -0.300. The number of quaternary nitrogens is 1. The van der Waals surface area contributed by atoms with Crippen LogP contribution in [-0.4, -0.2) is 32.2 Å². The normalized spacial score (nSPS) is 12.4. The van der Waals surface area contributed by atoms with Gasteiger partial charge in [0.25, 0.3) is 0 Å². The maximum atomic E-state index is 2.38. The van der Waals surface area contributed by atoms with E-state index in [2.05, 4.69) is 40.2 Å². The molecule has 18 heavy (non-hydrogen) atoms. The van der Waals surface area contributed by atoms with Crippen LogP contribution < -0.4 is 0 Å². The maximum Gasteiger partial charge on any atom is 0.0780 e. The van der Waals surface area contributed by atoms with Gasteiger partial charge >= 0.3 is 0 Å². The zero-order valence-electron chi connectivity index (χ0n) is 13.4. The van der Waals surface area contributed by atoms with E-state index < -0.39 is 0 Å². The van der Waals surface area contributed by atoms with Crippen molar-refractivity contribution >= 4 is 0 Å². The number of rotatable bonds is 12. The highest BCUT2D eigenvalue weighted by Crippen LogP contribution is 2.09. The molecule has 0 aromatic carbocycles. The van der Waals surface area contributed by atoms with Crippen LogP contribution in [0.25, 0.3) is 0 Å². The van der Waals surface area contributed by atoms with Crippen LogP contribution in [0.5, 0.6) is 0 Å². The molecule has 0 saturated carbocycles. The van der Waals surface area contributed by atoms with Crippen LogP contribution in [0.1, 0.15) is 71.1 Å². The van der Waals surface area contributed by atoms with Gasteiger partial charge in [0.05, 0.1) is 27.7 Å². The molecule has 0 aliphatic rings. The van der Waals surface area contributed by atoms with Gasteiger partial charge in [-0.05, 0) is 32.1 Å². The van der Waals surface area contributed by atoms with E-state index in [1.807, 2.05) is 0 Å². The average molecular weight is 254 g/mol. The summed E-state index contributed by atoms with van der Waals surface area (Å²) in [4.78, 5) is 0. The zero-order valence-corrected chi connectivity index (χ0v) is 13.4. The van der Waals surface area contributed by atoms with Crippen molar-refractivity contribution in [1.82, 2.24) is 0 Å². The molecule has 0 fully saturated rings. The molecule has 0 radical (unpaired) electrons. The fraction of sp³-hybridized carbons (Fsp3) is 0.882. The second kappa shape index (κ2) is 11.8. The SMILES string of the molecule is CCCC/C=C\CCCCCCCC[N+](C)(C)C. The molecule has 1 heteroatoms. The van der Waals surface area contributed by atoms with E-state index in [9.17, 15) is 0 Å². The van der Waals surface area contributed by atoms with Gasteiger partial charge in [0.1, 0.15) is 0 Å². The standard InChI is InChI=1S/C17H36N/c1-5-6-7-8-9-10-11-12-13-14-15-16-17-18(2,3)4/h8-9H,5-7,10-17H2,1-4H3/q+1/b9-8-. The number of unbranched alkanes of at least 4 members (excludes halogenated alkanes) is 8. The van der Waals surface area contributed by atoms with Gasteiger partial charge in [0, 0.05) is 0 Å². The molecule has 0 aromatic rings. The molecule has 108 valence electrons.